The first kappa shape index (κ1) is 17.8. The van der Waals surface area contributed by atoms with Gasteiger partial charge in [0.2, 0.25) is 11.8 Å². The van der Waals surface area contributed by atoms with Crippen molar-refractivity contribution in [3.8, 4) is 0 Å². The highest BCUT2D eigenvalue weighted by atomic mass is 35.5. The number of carbonyl (C=O) groups is 2. The number of benzene rings is 1. The van der Waals surface area contributed by atoms with Crippen molar-refractivity contribution < 1.29 is 9.59 Å². The highest BCUT2D eigenvalue weighted by molar-refractivity contribution is 6.30. The molecule has 1 aromatic carbocycles. The molecule has 1 heterocycles. The third-order valence-corrected chi connectivity index (χ3v) is 4.32. The molecular weight excluding hydrogens is 314 g/mol. The van der Waals surface area contributed by atoms with Crippen molar-refractivity contribution in [2.24, 2.45) is 11.1 Å². The summed E-state index contributed by atoms with van der Waals surface area (Å²) in [6.07, 6.45) is 0. The maximum atomic E-state index is 12.3. The van der Waals surface area contributed by atoms with Crippen LogP contribution in [0.3, 0.4) is 0 Å². The van der Waals surface area contributed by atoms with E-state index in [0.29, 0.717) is 31.2 Å². The van der Waals surface area contributed by atoms with E-state index in [1.54, 1.807) is 12.1 Å². The van der Waals surface area contributed by atoms with Crippen molar-refractivity contribution in [1.82, 2.24) is 9.80 Å². The monoisotopic (exact) mass is 337 g/mol. The maximum Gasteiger partial charge on any atom is 0.239 e. The Kier molecular flexibility index (Phi) is 5.32. The van der Waals surface area contributed by atoms with E-state index in [1.165, 1.54) is 0 Å². The lowest BCUT2D eigenvalue weighted by molar-refractivity contribution is -0.142. The third kappa shape index (κ3) is 4.24. The number of hydrogen-bond donors (Lipinski definition) is 1. The van der Waals surface area contributed by atoms with Gasteiger partial charge in [-0.1, -0.05) is 44.5 Å². The first-order valence-electron chi connectivity index (χ1n) is 7.78. The fourth-order valence-corrected chi connectivity index (χ4v) is 2.98. The number of halogens is 1. The van der Waals surface area contributed by atoms with Gasteiger partial charge >= 0.3 is 0 Å². The molecule has 0 unspecified atom stereocenters. The van der Waals surface area contributed by atoms with Gasteiger partial charge in [0.05, 0.1) is 0 Å². The van der Waals surface area contributed by atoms with E-state index in [2.05, 4.69) is 0 Å². The third-order valence-electron chi connectivity index (χ3n) is 4.06. The summed E-state index contributed by atoms with van der Waals surface area (Å²) >= 11 is 5.90. The van der Waals surface area contributed by atoms with Crippen LogP contribution < -0.4 is 5.73 Å². The summed E-state index contributed by atoms with van der Waals surface area (Å²) in [6, 6.07) is 6.67. The maximum absolute atomic E-state index is 12.3. The van der Waals surface area contributed by atoms with Crippen LogP contribution in [0.15, 0.2) is 24.3 Å². The summed E-state index contributed by atoms with van der Waals surface area (Å²) in [4.78, 5) is 28.1. The lowest BCUT2D eigenvalue weighted by Gasteiger charge is -2.40. The second-order valence-electron chi connectivity index (χ2n) is 6.93. The van der Waals surface area contributed by atoms with Crippen LogP contribution in [0.2, 0.25) is 5.02 Å². The van der Waals surface area contributed by atoms with Gasteiger partial charge in [0.1, 0.15) is 6.04 Å². The van der Waals surface area contributed by atoms with Gasteiger partial charge in [-0.05, 0) is 17.7 Å². The average molecular weight is 338 g/mol. The second kappa shape index (κ2) is 6.89. The number of primary amides is 1. The molecule has 1 aliphatic heterocycles. The Morgan fingerprint density at radius 3 is 2.04 bits per heavy atom. The summed E-state index contributed by atoms with van der Waals surface area (Å²) in [5.41, 5.74) is 6.05. The lowest BCUT2D eigenvalue weighted by atomic mass is 9.94. The van der Waals surface area contributed by atoms with Gasteiger partial charge in [0.15, 0.2) is 0 Å². The molecule has 2 rings (SSSR count). The molecule has 2 N–H and O–H groups in total. The quantitative estimate of drug-likeness (QED) is 0.918. The number of nitrogens with two attached hydrogens (primary N) is 1. The molecule has 1 atom stereocenters. The van der Waals surface area contributed by atoms with Crippen molar-refractivity contribution in [2.45, 2.75) is 26.8 Å². The lowest BCUT2D eigenvalue weighted by Crippen LogP contribution is -2.53. The first-order chi connectivity index (χ1) is 10.7. The molecule has 0 aliphatic carbocycles. The van der Waals surface area contributed by atoms with Crippen LogP contribution in [0.4, 0.5) is 0 Å². The Morgan fingerprint density at radius 1 is 1.09 bits per heavy atom. The van der Waals surface area contributed by atoms with Gasteiger partial charge in [-0.25, -0.2) is 0 Å². The highest BCUT2D eigenvalue weighted by Gasteiger charge is 2.33. The summed E-state index contributed by atoms with van der Waals surface area (Å²) in [5.74, 6) is -0.248. The molecule has 6 heteroatoms. The molecule has 0 saturated carbocycles. The number of rotatable bonds is 3. The number of carbonyl (C=O) groups excluding carboxylic acids is 2. The zero-order valence-electron chi connectivity index (χ0n) is 13.9. The van der Waals surface area contributed by atoms with Gasteiger partial charge in [-0.2, -0.15) is 0 Å². The minimum atomic E-state index is -0.487. The van der Waals surface area contributed by atoms with E-state index in [0.717, 1.165) is 5.56 Å². The van der Waals surface area contributed by atoms with E-state index < -0.39 is 6.04 Å². The topological polar surface area (TPSA) is 66.6 Å². The predicted molar refractivity (Wildman–Crippen MR) is 91.0 cm³/mol. The van der Waals surface area contributed by atoms with Crippen LogP contribution in [0.5, 0.6) is 0 Å². The number of piperazine rings is 1. The summed E-state index contributed by atoms with van der Waals surface area (Å²) in [6.45, 7) is 8.21. The van der Waals surface area contributed by atoms with Gasteiger partial charge < -0.3 is 10.6 Å². The predicted octanol–water partition coefficient (Wildman–Crippen LogP) is 2.06. The molecule has 23 heavy (non-hydrogen) atoms. The van der Waals surface area contributed by atoms with E-state index >= 15 is 0 Å². The Balaban J connectivity index is 2.08. The molecule has 126 valence electrons. The van der Waals surface area contributed by atoms with E-state index in [1.807, 2.05) is 42.7 Å². The van der Waals surface area contributed by atoms with Crippen molar-refractivity contribution >= 4 is 23.4 Å². The Morgan fingerprint density at radius 2 is 1.61 bits per heavy atom. The van der Waals surface area contributed by atoms with Crippen LogP contribution in [-0.4, -0.2) is 47.8 Å². The summed E-state index contributed by atoms with van der Waals surface area (Å²) < 4.78 is 0. The number of nitrogens with zero attached hydrogens (tertiary/aromatic N) is 2. The normalized spacial score (nSPS) is 17.8. The van der Waals surface area contributed by atoms with E-state index in [4.69, 9.17) is 17.3 Å². The average Bonchev–Trinajstić information content (AvgIpc) is 2.48. The van der Waals surface area contributed by atoms with Gasteiger partial charge in [0, 0.05) is 36.6 Å². The molecule has 2 amide bonds. The van der Waals surface area contributed by atoms with E-state index in [-0.39, 0.29) is 17.2 Å². The zero-order valence-corrected chi connectivity index (χ0v) is 14.6. The van der Waals surface area contributed by atoms with Crippen LogP contribution >= 0.6 is 11.6 Å². The summed E-state index contributed by atoms with van der Waals surface area (Å²) in [7, 11) is 0. The van der Waals surface area contributed by atoms with E-state index in [9.17, 15) is 9.59 Å². The van der Waals surface area contributed by atoms with Crippen molar-refractivity contribution in [3.05, 3.63) is 34.9 Å². The largest absolute Gasteiger partial charge is 0.368 e. The molecule has 1 saturated heterocycles. The van der Waals surface area contributed by atoms with Gasteiger partial charge in [-0.3, -0.25) is 14.5 Å². The minimum Gasteiger partial charge on any atom is -0.368 e. The Hall–Kier alpha value is -1.59. The smallest absolute Gasteiger partial charge is 0.239 e. The molecule has 1 aromatic rings. The molecule has 1 fully saturated rings. The Labute approximate surface area is 142 Å². The first-order valence-corrected chi connectivity index (χ1v) is 8.16. The minimum absolute atomic E-state index is 0.138. The SMILES string of the molecule is CC(C)(C)C(=O)N1CCN([C@H](C(N)=O)c2ccc(Cl)cc2)CC1. The molecule has 0 radical (unpaired) electrons. The van der Waals surface area contributed by atoms with Crippen LogP contribution in [0.1, 0.15) is 32.4 Å². The van der Waals surface area contributed by atoms with Crippen molar-refractivity contribution in [3.63, 3.8) is 0 Å². The zero-order chi connectivity index (χ0) is 17.2. The number of hydrogen-bond acceptors (Lipinski definition) is 3. The van der Waals surface area contributed by atoms with Crippen LogP contribution in [-0.2, 0) is 9.59 Å². The molecule has 5 nitrogen and oxygen atoms in total. The van der Waals surface area contributed by atoms with Gasteiger partial charge in [0.25, 0.3) is 0 Å². The van der Waals surface area contributed by atoms with Crippen molar-refractivity contribution in [1.29, 1.82) is 0 Å². The molecule has 0 aromatic heterocycles. The summed E-state index contributed by atoms with van der Waals surface area (Å²) in [5, 5.41) is 0.623. The molecule has 0 bridgehead atoms. The fraction of sp³-hybridized carbons (Fsp3) is 0.529. The van der Waals surface area contributed by atoms with Gasteiger partial charge in [-0.15, -0.1) is 0 Å². The van der Waals surface area contributed by atoms with Crippen LogP contribution in [0.25, 0.3) is 0 Å². The second-order valence-corrected chi connectivity index (χ2v) is 7.37. The van der Waals surface area contributed by atoms with Crippen LogP contribution in [0, 0.1) is 5.41 Å². The molecular formula is C17H24ClN3O2. The number of amides is 2. The highest BCUT2D eigenvalue weighted by Crippen LogP contribution is 2.25. The molecule has 0 spiro atoms. The fourth-order valence-electron chi connectivity index (χ4n) is 2.86. The Bertz CT molecular complexity index is 572. The molecule has 1 aliphatic rings. The van der Waals surface area contributed by atoms with Crippen molar-refractivity contribution in [2.75, 3.05) is 26.2 Å². The standard InChI is InChI=1S/C17H24ClN3O2/c1-17(2,3)16(23)21-10-8-20(9-11-21)14(15(19)22)12-4-6-13(18)7-5-12/h4-7,14H,8-11H2,1-3H3,(H2,19,22)/t14-/m0/s1.